The minimum absolute atomic E-state index is 0.0591. The van der Waals surface area contributed by atoms with Crippen LogP contribution in [0.1, 0.15) is 38.7 Å². The molecule has 0 radical (unpaired) electrons. The molecule has 0 aliphatic carbocycles. The van der Waals surface area contributed by atoms with E-state index in [1.54, 1.807) is 17.9 Å². The highest BCUT2D eigenvalue weighted by Gasteiger charge is 2.42. The topological polar surface area (TPSA) is 69.7 Å². The number of nitrogens with zero attached hydrogens (tertiary/aromatic N) is 2. The van der Waals surface area contributed by atoms with E-state index >= 15 is 0 Å². The van der Waals surface area contributed by atoms with E-state index in [0.29, 0.717) is 30.3 Å². The SMILES string of the molecule is Cc1cc(N2CCN(C(=O)CCC3(C)NC(=O)CC3=O)C[C@@H]2C)c(F)cc1Cl. The van der Waals surface area contributed by atoms with E-state index in [1.807, 2.05) is 18.7 Å². The van der Waals surface area contributed by atoms with Gasteiger partial charge in [-0.3, -0.25) is 14.4 Å². The third kappa shape index (κ3) is 3.99. The van der Waals surface area contributed by atoms with Crippen molar-refractivity contribution in [1.82, 2.24) is 10.2 Å². The molecular weight excluding hydrogens is 385 g/mol. The van der Waals surface area contributed by atoms with E-state index in [0.717, 1.165) is 5.56 Å². The Bertz CT molecular complexity index is 831. The first-order valence-electron chi connectivity index (χ1n) is 9.45. The number of aryl methyl sites for hydroxylation is 1. The maximum absolute atomic E-state index is 14.4. The number of benzene rings is 1. The molecule has 2 fully saturated rings. The van der Waals surface area contributed by atoms with Crippen LogP contribution in [0.2, 0.25) is 5.02 Å². The van der Waals surface area contributed by atoms with E-state index in [4.69, 9.17) is 11.6 Å². The average molecular weight is 410 g/mol. The minimum atomic E-state index is -0.954. The van der Waals surface area contributed by atoms with Crippen LogP contribution in [0.5, 0.6) is 0 Å². The van der Waals surface area contributed by atoms with Gasteiger partial charge in [0.2, 0.25) is 11.8 Å². The van der Waals surface area contributed by atoms with Gasteiger partial charge in [-0.2, -0.15) is 0 Å². The van der Waals surface area contributed by atoms with Gasteiger partial charge in [-0.15, -0.1) is 0 Å². The number of carbonyl (C=O) groups excluding carboxylic acids is 3. The summed E-state index contributed by atoms with van der Waals surface area (Å²) in [6.07, 6.45) is 0.353. The molecule has 2 aliphatic rings. The summed E-state index contributed by atoms with van der Waals surface area (Å²) in [5, 5.41) is 3.07. The van der Waals surface area contributed by atoms with Gasteiger partial charge in [0, 0.05) is 37.1 Å². The molecule has 0 spiro atoms. The molecule has 1 aromatic carbocycles. The molecule has 0 bridgehead atoms. The Morgan fingerprint density at radius 3 is 2.68 bits per heavy atom. The smallest absolute Gasteiger partial charge is 0.228 e. The predicted molar refractivity (Wildman–Crippen MR) is 105 cm³/mol. The molecule has 152 valence electrons. The second-order valence-electron chi connectivity index (χ2n) is 7.92. The molecule has 6 nitrogen and oxygen atoms in total. The highest BCUT2D eigenvalue weighted by Crippen LogP contribution is 2.29. The third-order valence-electron chi connectivity index (χ3n) is 5.71. The lowest BCUT2D eigenvalue weighted by Crippen LogP contribution is -2.54. The van der Waals surface area contributed by atoms with E-state index in [-0.39, 0.29) is 48.7 Å². The van der Waals surface area contributed by atoms with Gasteiger partial charge >= 0.3 is 0 Å². The summed E-state index contributed by atoms with van der Waals surface area (Å²) in [7, 11) is 0. The normalized spacial score (nSPS) is 25.2. The quantitative estimate of drug-likeness (QED) is 0.775. The van der Waals surface area contributed by atoms with Crippen molar-refractivity contribution in [2.45, 2.75) is 51.6 Å². The van der Waals surface area contributed by atoms with E-state index in [2.05, 4.69) is 5.32 Å². The van der Waals surface area contributed by atoms with Gasteiger partial charge in [0.25, 0.3) is 0 Å². The number of anilines is 1. The summed E-state index contributed by atoms with van der Waals surface area (Å²) in [5.74, 6) is -0.889. The van der Waals surface area contributed by atoms with Gasteiger partial charge in [0.15, 0.2) is 5.78 Å². The van der Waals surface area contributed by atoms with Crippen LogP contribution in [0.15, 0.2) is 12.1 Å². The van der Waals surface area contributed by atoms with E-state index < -0.39 is 5.54 Å². The van der Waals surface area contributed by atoms with E-state index in [9.17, 15) is 18.8 Å². The molecule has 2 heterocycles. The molecule has 2 atom stereocenters. The summed E-state index contributed by atoms with van der Waals surface area (Å²) in [6.45, 7) is 6.90. The minimum Gasteiger partial charge on any atom is -0.363 e. The molecule has 2 amide bonds. The highest BCUT2D eigenvalue weighted by atomic mass is 35.5. The maximum Gasteiger partial charge on any atom is 0.228 e. The zero-order valence-electron chi connectivity index (χ0n) is 16.3. The van der Waals surface area contributed by atoms with Crippen LogP contribution in [0, 0.1) is 12.7 Å². The first-order chi connectivity index (χ1) is 13.1. The lowest BCUT2D eigenvalue weighted by atomic mass is 9.92. The Morgan fingerprint density at radius 2 is 2.07 bits per heavy atom. The Kier molecular flexibility index (Phi) is 5.66. The molecule has 8 heteroatoms. The first-order valence-corrected chi connectivity index (χ1v) is 9.83. The van der Waals surface area contributed by atoms with Gasteiger partial charge in [-0.1, -0.05) is 11.6 Å². The number of ketones is 1. The van der Waals surface area contributed by atoms with Gasteiger partial charge < -0.3 is 15.1 Å². The van der Waals surface area contributed by atoms with Gasteiger partial charge in [-0.05, 0) is 44.9 Å². The Balaban J connectivity index is 1.61. The molecule has 3 rings (SSSR count). The predicted octanol–water partition coefficient (Wildman–Crippen LogP) is 2.45. The van der Waals surface area contributed by atoms with Crippen molar-refractivity contribution < 1.29 is 18.8 Å². The number of Topliss-reactive ketones (excluding diaryl/α,β-unsaturated/α-hetero) is 1. The van der Waals surface area contributed by atoms with Crippen LogP contribution in [-0.4, -0.2) is 53.7 Å². The first kappa shape index (κ1) is 20.6. The summed E-state index contributed by atoms with van der Waals surface area (Å²) in [4.78, 5) is 39.7. The number of hydrogen-bond acceptors (Lipinski definition) is 4. The maximum atomic E-state index is 14.4. The number of amides is 2. The van der Waals surface area contributed by atoms with E-state index in [1.165, 1.54) is 6.07 Å². The van der Waals surface area contributed by atoms with Gasteiger partial charge in [0.1, 0.15) is 5.82 Å². The van der Waals surface area contributed by atoms with Crippen LogP contribution < -0.4 is 10.2 Å². The molecule has 1 aromatic rings. The number of carbonyl (C=O) groups is 3. The molecular formula is C20H25ClFN3O3. The Morgan fingerprint density at radius 1 is 1.36 bits per heavy atom. The zero-order valence-corrected chi connectivity index (χ0v) is 17.1. The number of hydrogen-bond donors (Lipinski definition) is 1. The monoisotopic (exact) mass is 409 g/mol. The van der Waals surface area contributed by atoms with Crippen molar-refractivity contribution in [2.24, 2.45) is 0 Å². The highest BCUT2D eigenvalue weighted by molar-refractivity contribution is 6.31. The molecule has 1 N–H and O–H groups in total. The van der Waals surface area contributed by atoms with Crippen molar-refractivity contribution in [3.05, 3.63) is 28.5 Å². The van der Waals surface area contributed by atoms with Crippen LogP contribution in [0.25, 0.3) is 0 Å². The Labute approximate surface area is 169 Å². The molecule has 0 aromatic heterocycles. The molecule has 2 saturated heterocycles. The molecule has 28 heavy (non-hydrogen) atoms. The van der Waals surface area contributed by atoms with Crippen molar-refractivity contribution in [2.75, 3.05) is 24.5 Å². The van der Waals surface area contributed by atoms with Gasteiger partial charge in [0.05, 0.1) is 17.6 Å². The lowest BCUT2D eigenvalue weighted by molar-refractivity contribution is -0.132. The van der Waals surface area contributed by atoms with Crippen LogP contribution in [0.4, 0.5) is 10.1 Å². The molecule has 0 saturated carbocycles. The fourth-order valence-electron chi connectivity index (χ4n) is 3.88. The summed E-state index contributed by atoms with van der Waals surface area (Å²) in [6, 6.07) is 3.00. The van der Waals surface area contributed by atoms with Crippen molar-refractivity contribution >= 4 is 34.9 Å². The lowest BCUT2D eigenvalue weighted by Gasteiger charge is -2.41. The second kappa shape index (κ2) is 7.70. The zero-order chi connectivity index (χ0) is 20.6. The second-order valence-corrected chi connectivity index (χ2v) is 8.32. The Hall–Kier alpha value is -2.15. The van der Waals surface area contributed by atoms with Crippen molar-refractivity contribution in [3.8, 4) is 0 Å². The largest absolute Gasteiger partial charge is 0.363 e. The number of nitrogens with one attached hydrogen (secondary N) is 1. The van der Waals surface area contributed by atoms with Crippen LogP contribution >= 0.6 is 11.6 Å². The number of piperazine rings is 1. The molecule has 2 aliphatic heterocycles. The summed E-state index contributed by atoms with van der Waals surface area (Å²) >= 11 is 5.98. The summed E-state index contributed by atoms with van der Waals surface area (Å²) in [5.41, 5.74) is 0.345. The van der Waals surface area contributed by atoms with Crippen molar-refractivity contribution in [1.29, 1.82) is 0 Å². The number of halogens is 2. The van der Waals surface area contributed by atoms with Crippen molar-refractivity contribution in [3.63, 3.8) is 0 Å². The average Bonchev–Trinajstić information content (AvgIpc) is 2.88. The van der Waals surface area contributed by atoms with Gasteiger partial charge in [-0.25, -0.2) is 4.39 Å². The molecule has 1 unspecified atom stereocenters. The van der Waals surface area contributed by atoms with Crippen LogP contribution in [-0.2, 0) is 14.4 Å². The van der Waals surface area contributed by atoms with Crippen LogP contribution in [0.3, 0.4) is 0 Å². The standard InChI is InChI=1S/C20H25ClFN3O3/c1-12-8-16(15(22)9-14(12)21)25-7-6-24(11-13(25)2)19(28)4-5-20(3)17(26)10-18(27)23-20/h8-9,13H,4-7,10-11H2,1-3H3,(H,23,27)/t13-,20?/m0/s1. The fourth-order valence-corrected chi connectivity index (χ4v) is 4.03. The summed E-state index contributed by atoms with van der Waals surface area (Å²) < 4.78 is 14.4. The number of rotatable bonds is 4. The third-order valence-corrected chi connectivity index (χ3v) is 6.12. The fraction of sp³-hybridized carbons (Fsp3) is 0.550.